The second-order valence-electron chi connectivity index (χ2n) is 6.08. The van der Waals surface area contributed by atoms with Crippen LogP contribution in [-0.2, 0) is 11.2 Å². The molecular weight excluding hydrogens is 339 g/mol. The molecule has 1 aromatic heterocycles. The van der Waals surface area contributed by atoms with Crippen molar-refractivity contribution in [2.45, 2.75) is 12.8 Å². The standard InChI is InChI=1S/C19H23FN2O2S/c20-17-5-1-2-6-18(17)24-14-13-21-9-11-22(12-10-21)19(23)8-7-16-4-3-15-25-16/h1-6,15H,7-14H2. The van der Waals surface area contributed by atoms with Crippen LogP contribution in [0.25, 0.3) is 0 Å². The number of aryl methyl sites for hydroxylation is 1. The Morgan fingerprint density at radius 3 is 2.64 bits per heavy atom. The van der Waals surface area contributed by atoms with Crippen LogP contribution in [0.15, 0.2) is 41.8 Å². The fourth-order valence-electron chi connectivity index (χ4n) is 2.91. The van der Waals surface area contributed by atoms with E-state index in [1.54, 1.807) is 29.5 Å². The Kier molecular flexibility index (Phi) is 6.42. The van der Waals surface area contributed by atoms with Crippen molar-refractivity contribution in [3.05, 3.63) is 52.5 Å². The zero-order chi connectivity index (χ0) is 17.5. The fourth-order valence-corrected chi connectivity index (χ4v) is 3.62. The second kappa shape index (κ2) is 8.97. The first-order chi connectivity index (χ1) is 12.2. The van der Waals surface area contributed by atoms with Gasteiger partial charge in [-0.1, -0.05) is 18.2 Å². The quantitative estimate of drug-likeness (QED) is 0.759. The first kappa shape index (κ1) is 17.9. The molecule has 2 heterocycles. The van der Waals surface area contributed by atoms with Crippen LogP contribution in [0.3, 0.4) is 0 Å². The summed E-state index contributed by atoms with van der Waals surface area (Å²) in [7, 11) is 0. The highest BCUT2D eigenvalue weighted by Gasteiger charge is 2.20. The Labute approximate surface area is 151 Å². The molecule has 3 rings (SSSR count). The molecule has 1 aromatic carbocycles. The number of piperazine rings is 1. The molecule has 1 saturated heterocycles. The monoisotopic (exact) mass is 362 g/mol. The van der Waals surface area contributed by atoms with Gasteiger partial charge in [0.1, 0.15) is 6.61 Å². The van der Waals surface area contributed by atoms with Gasteiger partial charge in [0.05, 0.1) is 0 Å². The maximum absolute atomic E-state index is 13.5. The van der Waals surface area contributed by atoms with Crippen LogP contribution in [-0.4, -0.2) is 55.0 Å². The summed E-state index contributed by atoms with van der Waals surface area (Å²) in [6.45, 7) is 4.38. The molecule has 1 fully saturated rings. The summed E-state index contributed by atoms with van der Waals surface area (Å²) in [6, 6.07) is 10.5. The number of hydrogen-bond donors (Lipinski definition) is 0. The first-order valence-corrected chi connectivity index (χ1v) is 9.50. The van der Waals surface area contributed by atoms with Crippen LogP contribution in [0.2, 0.25) is 0 Å². The summed E-state index contributed by atoms with van der Waals surface area (Å²) in [6.07, 6.45) is 1.41. The molecule has 1 amide bonds. The third-order valence-electron chi connectivity index (χ3n) is 4.39. The Bertz CT molecular complexity index is 670. The average molecular weight is 362 g/mol. The molecule has 0 radical (unpaired) electrons. The van der Waals surface area contributed by atoms with Crippen molar-refractivity contribution in [3.63, 3.8) is 0 Å². The van der Waals surface area contributed by atoms with Crippen molar-refractivity contribution in [1.82, 2.24) is 9.80 Å². The van der Waals surface area contributed by atoms with Crippen molar-refractivity contribution >= 4 is 17.2 Å². The van der Waals surface area contributed by atoms with E-state index in [4.69, 9.17) is 4.74 Å². The van der Waals surface area contributed by atoms with Gasteiger partial charge in [0.25, 0.3) is 0 Å². The van der Waals surface area contributed by atoms with E-state index < -0.39 is 0 Å². The lowest BCUT2D eigenvalue weighted by Gasteiger charge is -2.34. The third-order valence-corrected chi connectivity index (χ3v) is 5.33. The van der Waals surface area contributed by atoms with E-state index in [2.05, 4.69) is 11.0 Å². The number of carbonyl (C=O) groups is 1. The zero-order valence-corrected chi connectivity index (χ0v) is 15.0. The number of hydrogen-bond acceptors (Lipinski definition) is 4. The molecule has 0 atom stereocenters. The summed E-state index contributed by atoms with van der Waals surface area (Å²) in [5, 5.41) is 2.04. The summed E-state index contributed by atoms with van der Waals surface area (Å²) in [4.78, 5) is 17.7. The van der Waals surface area contributed by atoms with Gasteiger partial charge >= 0.3 is 0 Å². The molecule has 0 unspecified atom stereocenters. The van der Waals surface area contributed by atoms with E-state index >= 15 is 0 Å². The van der Waals surface area contributed by atoms with E-state index in [0.29, 0.717) is 18.8 Å². The lowest BCUT2D eigenvalue weighted by atomic mass is 10.2. The zero-order valence-electron chi connectivity index (χ0n) is 14.2. The minimum Gasteiger partial charge on any atom is -0.489 e. The van der Waals surface area contributed by atoms with Gasteiger partial charge in [0.2, 0.25) is 5.91 Å². The van der Waals surface area contributed by atoms with E-state index in [-0.39, 0.29) is 11.7 Å². The second-order valence-corrected chi connectivity index (χ2v) is 7.11. The smallest absolute Gasteiger partial charge is 0.223 e. The van der Waals surface area contributed by atoms with Gasteiger partial charge in [-0.2, -0.15) is 0 Å². The number of thiophene rings is 1. The lowest BCUT2D eigenvalue weighted by Crippen LogP contribution is -2.49. The number of para-hydroxylation sites is 1. The van der Waals surface area contributed by atoms with Crippen molar-refractivity contribution in [1.29, 1.82) is 0 Å². The number of halogens is 1. The Morgan fingerprint density at radius 1 is 1.12 bits per heavy atom. The predicted molar refractivity (Wildman–Crippen MR) is 97.6 cm³/mol. The maximum atomic E-state index is 13.5. The summed E-state index contributed by atoms with van der Waals surface area (Å²) in [5.41, 5.74) is 0. The molecule has 0 saturated carbocycles. The topological polar surface area (TPSA) is 32.8 Å². The van der Waals surface area contributed by atoms with Gasteiger partial charge in [-0.05, 0) is 30.0 Å². The number of amides is 1. The Hall–Kier alpha value is -1.92. The van der Waals surface area contributed by atoms with Gasteiger partial charge in [-0.3, -0.25) is 9.69 Å². The fraction of sp³-hybridized carbons (Fsp3) is 0.421. The average Bonchev–Trinajstić information content (AvgIpc) is 3.15. The van der Waals surface area contributed by atoms with Crippen molar-refractivity contribution < 1.29 is 13.9 Å². The van der Waals surface area contributed by atoms with E-state index in [0.717, 1.165) is 39.1 Å². The van der Waals surface area contributed by atoms with Gasteiger partial charge in [-0.15, -0.1) is 11.3 Å². The molecule has 25 heavy (non-hydrogen) atoms. The maximum Gasteiger partial charge on any atom is 0.223 e. The molecule has 0 spiro atoms. The first-order valence-electron chi connectivity index (χ1n) is 8.62. The van der Waals surface area contributed by atoms with Crippen LogP contribution in [0.5, 0.6) is 5.75 Å². The third kappa shape index (κ3) is 5.28. The molecule has 4 nitrogen and oxygen atoms in total. The van der Waals surface area contributed by atoms with Crippen molar-refractivity contribution in [2.24, 2.45) is 0 Å². The Morgan fingerprint density at radius 2 is 1.92 bits per heavy atom. The van der Waals surface area contributed by atoms with Crippen LogP contribution < -0.4 is 4.74 Å². The number of rotatable bonds is 7. The highest BCUT2D eigenvalue weighted by atomic mass is 32.1. The normalized spacial score (nSPS) is 15.3. The summed E-state index contributed by atoms with van der Waals surface area (Å²) >= 11 is 1.70. The van der Waals surface area contributed by atoms with Crippen LogP contribution >= 0.6 is 11.3 Å². The number of nitrogens with zero attached hydrogens (tertiary/aromatic N) is 2. The highest BCUT2D eigenvalue weighted by Crippen LogP contribution is 2.15. The molecule has 6 heteroatoms. The van der Waals surface area contributed by atoms with Crippen molar-refractivity contribution in [3.8, 4) is 5.75 Å². The lowest BCUT2D eigenvalue weighted by molar-refractivity contribution is -0.132. The molecule has 1 aliphatic rings. The van der Waals surface area contributed by atoms with Gasteiger partial charge in [0.15, 0.2) is 11.6 Å². The van der Waals surface area contributed by atoms with Crippen LogP contribution in [0, 0.1) is 5.82 Å². The summed E-state index contributed by atoms with van der Waals surface area (Å²) in [5.74, 6) is 0.198. The molecule has 1 aliphatic heterocycles. The molecule has 0 bridgehead atoms. The molecule has 2 aromatic rings. The SMILES string of the molecule is O=C(CCc1cccs1)N1CCN(CCOc2ccccc2F)CC1. The van der Waals surface area contributed by atoms with E-state index in [9.17, 15) is 9.18 Å². The van der Waals surface area contributed by atoms with Crippen LogP contribution in [0.1, 0.15) is 11.3 Å². The number of ether oxygens (including phenoxy) is 1. The molecular formula is C19H23FN2O2S. The molecule has 134 valence electrons. The number of carbonyl (C=O) groups excluding carboxylic acids is 1. The van der Waals surface area contributed by atoms with E-state index in [1.165, 1.54) is 10.9 Å². The largest absolute Gasteiger partial charge is 0.489 e. The van der Waals surface area contributed by atoms with Gasteiger partial charge in [-0.25, -0.2) is 4.39 Å². The highest BCUT2D eigenvalue weighted by molar-refractivity contribution is 7.09. The minimum absolute atomic E-state index is 0.232. The molecule has 0 N–H and O–H groups in total. The van der Waals surface area contributed by atoms with Gasteiger partial charge in [0, 0.05) is 44.0 Å². The van der Waals surface area contributed by atoms with Crippen molar-refractivity contribution in [2.75, 3.05) is 39.3 Å². The summed E-state index contributed by atoms with van der Waals surface area (Å²) < 4.78 is 19.0. The Balaban J connectivity index is 1.34. The van der Waals surface area contributed by atoms with Gasteiger partial charge < -0.3 is 9.64 Å². The predicted octanol–water partition coefficient (Wildman–Crippen LogP) is 3.04. The minimum atomic E-state index is -0.330. The van der Waals surface area contributed by atoms with E-state index in [1.807, 2.05) is 16.3 Å². The van der Waals surface area contributed by atoms with Crippen LogP contribution in [0.4, 0.5) is 4.39 Å². The molecule has 0 aliphatic carbocycles. The number of benzene rings is 1.